The van der Waals surface area contributed by atoms with Crippen LogP contribution < -0.4 is 5.32 Å². The first-order chi connectivity index (χ1) is 9.19. The lowest BCUT2D eigenvalue weighted by Crippen LogP contribution is -2.39. The van der Waals surface area contributed by atoms with E-state index in [1.54, 1.807) is 12.1 Å². The van der Waals surface area contributed by atoms with Gasteiger partial charge in [-0.05, 0) is 56.1 Å². The van der Waals surface area contributed by atoms with Gasteiger partial charge in [0.1, 0.15) is 5.82 Å². The smallest absolute Gasteiger partial charge is 0.124 e. The minimum atomic E-state index is -0.181. The highest BCUT2D eigenvalue weighted by molar-refractivity contribution is 9.10. The van der Waals surface area contributed by atoms with Crippen LogP contribution in [-0.2, 0) is 6.54 Å². The average molecular weight is 329 g/mol. The zero-order valence-electron chi connectivity index (χ0n) is 11.5. The van der Waals surface area contributed by atoms with Gasteiger partial charge in [0.15, 0.2) is 0 Å². The molecule has 4 heteroatoms. The lowest BCUT2D eigenvalue weighted by atomic mass is 9.97. The van der Waals surface area contributed by atoms with Gasteiger partial charge >= 0.3 is 0 Å². The fourth-order valence-corrected chi connectivity index (χ4v) is 3.18. The number of hydrogen-bond donors (Lipinski definition) is 1. The van der Waals surface area contributed by atoms with Crippen molar-refractivity contribution in [2.75, 3.05) is 26.2 Å². The molecule has 1 aromatic carbocycles. The summed E-state index contributed by atoms with van der Waals surface area (Å²) < 4.78 is 14.0. The van der Waals surface area contributed by atoms with E-state index < -0.39 is 0 Å². The van der Waals surface area contributed by atoms with Gasteiger partial charge in [-0.15, -0.1) is 0 Å². The molecule has 0 aliphatic carbocycles. The van der Waals surface area contributed by atoms with Crippen LogP contribution in [0.15, 0.2) is 22.7 Å². The summed E-state index contributed by atoms with van der Waals surface area (Å²) in [6.45, 7) is 7.49. The molecule has 106 valence electrons. The Bertz CT molecular complexity index is 411. The van der Waals surface area contributed by atoms with Gasteiger partial charge in [0.05, 0.1) is 0 Å². The summed E-state index contributed by atoms with van der Waals surface area (Å²) in [4.78, 5) is 2.48. The number of likely N-dealkylation sites (tertiary alicyclic amines) is 1. The first-order valence-corrected chi connectivity index (χ1v) is 7.85. The molecule has 0 aromatic heterocycles. The largest absolute Gasteiger partial charge is 0.317 e. The van der Waals surface area contributed by atoms with Gasteiger partial charge < -0.3 is 5.32 Å². The molecular formula is C15H22BrFN2. The van der Waals surface area contributed by atoms with Gasteiger partial charge in [-0.25, -0.2) is 4.39 Å². The Morgan fingerprint density at radius 1 is 1.47 bits per heavy atom. The van der Waals surface area contributed by atoms with Crippen molar-refractivity contribution in [1.29, 1.82) is 0 Å². The van der Waals surface area contributed by atoms with Crippen LogP contribution in [0.5, 0.6) is 0 Å². The molecule has 1 atom stereocenters. The number of halogens is 2. The Hall–Kier alpha value is -0.450. The minimum absolute atomic E-state index is 0.181. The van der Waals surface area contributed by atoms with Crippen LogP contribution in [-0.4, -0.2) is 31.1 Å². The summed E-state index contributed by atoms with van der Waals surface area (Å²) in [5.41, 5.74) is 1.17. The van der Waals surface area contributed by atoms with Crippen molar-refractivity contribution in [3.8, 4) is 0 Å². The maximum absolute atomic E-state index is 13.1. The van der Waals surface area contributed by atoms with E-state index in [2.05, 4.69) is 33.1 Å². The van der Waals surface area contributed by atoms with Crippen molar-refractivity contribution in [2.45, 2.75) is 26.3 Å². The summed E-state index contributed by atoms with van der Waals surface area (Å²) in [5.74, 6) is 0.562. The quantitative estimate of drug-likeness (QED) is 0.891. The van der Waals surface area contributed by atoms with Crippen LogP contribution in [0.4, 0.5) is 4.39 Å². The molecule has 0 radical (unpaired) electrons. The van der Waals surface area contributed by atoms with Gasteiger partial charge in [-0.1, -0.05) is 28.9 Å². The Balaban J connectivity index is 1.91. The van der Waals surface area contributed by atoms with Crippen LogP contribution in [0, 0.1) is 11.7 Å². The highest BCUT2D eigenvalue weighted by Gasteiger charge is 2.20. The predicted molar refractivity (Wildman–Crippen MR) is 80.6 cm³/mol. The molecule has 1 aromatic rings. The van der Waals surface area contributed by atoms with E-state index in [9.17, 15) is 4.39 Å². The highest BCUT2D eigenvalue weighted by atomic mass is 79.9. The van der Waals surface area contributed by atoms with Crippen molar-refractivity contribution >= 4 is 15.9 Å². The lowest BCUT2D eigenvalue weighted by Gasteiger charge is -2.33. The van der Waals surface area contributed by atoms with Crippen LogP contribution in [0.3, 0.4) is 0 Å². The third-order valence-corrected chi connectivity index (χ3v) is 4.43. The number of nitrogens with one attached hydrogen (secondary N) is 1. The molecule has 1 unspecified atom stereocenters. The molecule has 1 aliphatic rings. The summed E-state index contributed by atoms with van der Waals surface area (Å²) in [5, 5.41) is 3.44. The molecule has 2 nitrogen and oxygen atoms in total. The zero-order chi connectivity index (χ0) is 13.7. The molecular weight excluding hydrogens is 307 g/mol. The van der Waals surface area contributed by atoms with E-state index in [-0.39, 0.29) is 5.82 Å². The second kappa shape index (κ2) is 7.36. The van der Waals surface area contributed by atoms with Crippen LogP contribution in [0.1, 0.15) is 25.3 Å². The molecule has 1 N–H and O–H groups in total. The average Bonchev–Trinajstić information content (AvgIpc) is 2.40. The van der Waals surface area contributed by atoms with E-state index in [4.69, 9.17) is 0 Å². The number of rotatable bonds is 5. The second-order valence-electron chi connectivity index (χ2n) is 5.29. The zero-order valence-corrected chi connectivity index (χ0v) is 13.0. The third kappa shape index (κ3) is 4.55. The van der Waals surface area contributed by atoms with E-state index in [0.717, 1.165) is 43.1 Å². The maximum Gasteiger partial charge on any atom is 0.124 e. The van der Waals surface area contributed by atoms with Gasteiger partial charge in [0.2, 0.25) is 0 Å². The van der Waals surface area contributed by atoms with Crippen LogP contribution in [0.2, 0.25) is 0 Å². The molecule has 2 rings (SSSR count). The minimum Gasteiger partial charge on any atom is -0.317 e. The maximum atomic E-state index is 13.1. The molecule has 1 heterocycles. The van der Waals surface area contributed by atoms with Gasteiger partial charge in [0.25, 0.3) is 0 Å². The fraction of sp³-hybridized carbons (Fsp3) is 0.600. The van der Waals surface area contributed by atoms with Gasteiger partial charge in [0, 0.05) is 17.6 Å². The van der Waals surface area contributed by atoms with Crippen molar-refractivity contribution in [3.63, 3.8) is 0 Å². The van der Waals surface area contributed by atoms with Crippen molar-refractivity contribution in [2.24, 2.45) is 5.92 Å². The van der Waals surface area contributed by atoms with E-state index in [0.29, 0.717) is 0 Å². The second-order valence-corrected chi connectivity index (χ2v) is 6.14. The Kier molecular flexibility index (Phi) is 5.79. The molecule has 1 saturated heterocycles. The van der Waals surface area contributed by atoms with Crippen molar-refractivity contribution < 1.29 is 4.39 Å². The van der Waals surface area contributed by atoms with E-state index >= 15 is 0 Å². The fourth-order valence-electron chi connectivity index (χ4n) is 2.70. The topological polar surface area (TPSA) is 15.3 Å². The Morgan fingerprint density at radius 3 is 3.05 bits per heavy atom. The normalized spacial score (nSPS) is 20.7. The summed E-state index contributed by atoms with van der Waals surface area (Å²) >= 11 is 3.45. The molecule has 19 heavy (non-hydrogen) atoms. The molecule has 0 saturated carbocycles. The number of benzene rings is 1. The summed E-state index contributed by atoms with van der Waals surface area (Å²) in [7, 11) is 0. The Labute approximate surface area is 123 Å². The molecule has 0 amide bonds. The monoisotopic (exact) mass is 328 g/mol. The SMILES string of the molecule is CCNCC1CCCN(Cc2ccc(F)cc2Br)C1. The summed E-state index contributed by atoms with van der Waals surface area (Å²) in [6.07, 6.45) is 2.57. The molecule has 1 fully saturated rings. The number of piperidine rings is 1. The molecule has 0 bridgehead atoms. The highest BCUT2D eigenvalue weighted by Crippen LogP contribution is 2.23. The third-order valence-electron chi connectivity index (χ3n) is 3.70. The standard InChI is InChI=1S/C15H22BrFN2/c1-2-18-9-12-4-3-7-19(10-12)11-13-5-6-14(17)8-15(13)16/h5-6,8,12,18H,2-4,7,9-11H2,1H3. The number of nitrogens with zero attached hydrogens (tertiary/aromatic N) is 1. The van der Waals surface area contributed by atoms with Gasteiger partial charge in [-0.3, -0.25) is 4.90 Å². The van der Waals surface area contributed by atoms with Crippen LogP contribution >= 0.6 is 15.9 Å². The molecule has 1 aliphatic heterocycles. The van der Waals surface area contributed by atoms with Crippen molar-refractivity contribution in [1.82, 2.24) is 10.2 Å². The molecule has 0 spiro atoms. The van der Waals surface area contributed by atoms with E-state index in [1.807, 2.05) is 6.07 Å². The lowest BCUT2D eigenvalue weighted by molar-refractivity contribution is 0.165. The first-order valence-electron chi connectivity index (χ1n) is 7.06. The number of hydrogen-bond acceptors (Lipinski definition) is 2. The first kappa shape index (κ1) is 14.9. The van der Waals surface area contributed by atoms with Crippen LogP contribution in [0.25, 0.3) is 0 Å². The Morgan fingerprint density at radius 2 is 2.32 bits per heavy atom. The van der Waals surface area contributed by atoms with Crippen molar-refractivity contribution in [3.05, 3.63) is 34.1 Å². The van der Waals surface area contributed by atoms with E-state index in [1.165, 1.54) is 18.4 Å². The predicted octanol–water partition coefficient (Wildman–Crippen LogP) is 3.41. The van der Waals surface area contributed by atoms with Gasteiger partial charge in [-0.2, -0.15) is 0 Å². The summed E-state index contributed by atoms with van der Waals surface area (Å²) in [6, 6.07) is 4.98.